The summed E-state index contributed by atoms with van der Waals surface area (Å²) < 4.78 is 23.8. The van der Waals surface area contributed by atoms with Gasteiger partial charge in [0.2, 0.25) is 0 Å². The first-order valence-electron chi connectivity index (χ1n) is 12.0. The van der Waals surface area contributed by atoms with Gasteiger partial charge in [0.15, 0.2) is 11.5 Å². The lowest BCUT2D eigenvalue weighted by atomic mass is 9.82. The molecule has 0 saturated heterocycles. The molecule has 1 aliphatic carbocycles. The highest BCUT2D eigenvalue weighted by molar-refractivity contribution is 5.87. The normalized spacial score (nSPS) is 13.3. The van der Waals surface area contributed by atoms with Crippen molar-refractivity contribution in [3.05, 3.63) is 89.0 Å². The Labute approximate surface area is 206 Å². The summed E-state index contributed by atoms with van der Waals surface area (Å²) in [4.78, 5) is 0. The zero-order chi connectivity index (χ0) is 23.9. The maximum atomic E-state index is 6.53. The first-order valence-corrected chi connectivity index (χ1v) is 12.0. The van der Waals surface area contributed by atoms with Gasteiger partial charge in [-0.05, 0) is 102 Å². The zero-order valence-electron chi connectivity index (χ0n) is 20.3. The molecule has 4 heteroatoms. The van der Waals surface area contributed by atoms with Crippen molar-refractivity contribution in [3.63, 3.8) is 0 Å². The van der Waals surface area contributed by atoms with Crippen LogP contribution in [0, 0.1) is 0 Å². The van der Waals surface area contributed by atoms with Crippen molar-refractivity contribution >= 4 is 0 Å². The maximum Gasteiger partial charge on any atom is 0.177 e. The van der Waals surface area contributed by atoms with Crippen LogP contribution in [0.1, 0.15) is 22.3 Å². The molecular formula is C31H28O4. The van der Waals surface area contributed by atoms with E-state index in [0.717, 1.165) is 71.1 Å². The van der Waals surface area contributed by atoms with Crippen LogP contribution in [0.5, 0.6) is 28.7 Å². The number of fused-ring (bicyclic) bond motifs is 3. The molecule has 0 N–H and O–H groups in total. The Morgan fingerprint density at radius 3 is 2.09 bits per heavy atom. The van der Waals surface area contributed by atoms with Crippen LogP contribution in [0.4, 0.5) is 0 Å². The Morgan fingerprint density at radius 1 is 0.571 bits per heavy atom. The third kappa shape index (κ3) is 3.70. The summed E-state index contributed by atoms with van der Waals surface area (Å²) in [6.45, 7) is 0. The minimum atomic E-state index is 0.732. The predicted octanol–water partition coefficient (Wildman–Crippen LogP) is 7.04. The number of hydrogen-bond donors (Lipinski definition) is 0. The molecule has 0 saturated carbocycles. The van der Waals surface area contributed by atoms with Crippen molar-refractivity contribution in [1.82, 2.24) is 0 Å². The number of aryl methyl sites for hydroxylation is 4. The van der Waals surface area contributed by atoms with Crippen LogP contribution in [-0.4, -0.2) is 21.3 Å². The molecule has 2 aliphatic heterocycles. The molecule has 4 nitrogen and oxygen atoms in total. The lowest BCUT2D eigenvalue weighted by molar-refractivity contribution is 0.379. The van der Waals surface area contributed by atoms with Gasteiger partial charge in [0.05, 0.1) is 21.3 Å². The van der Waals surface area contributed by atoms with Crippen molar-refractivity contribution in [2.24, 2.45) is 0 Å². The lowest BCUT2D eigenvalue weighted by Gasteiger charge is -2.26. The summed E-state index contributed by atoms with van der Waals surface area (Å²) in [5.41, 5.74) is 9.54. The molecule has 0 fully saturated rings. The van der Waals surface area contributed by atoms with Crippen LogP contribution in [0.15, 0.2) is 66.7 Å². The van der Waals surface area contributed by atoms with Crippen LogP contribution in [-0.2, 0) is 25.7 Å². The molecule has 4 aromatic rings. The van der Waals surface area contributed by atoms with E-state index in [9.17, 15) is 0 Å². The summed E-state index contributed by atoms with van der Waals surface area (Å²) in [6.07, 6.45) is 3.70. The molecule has 176 valence electrons. The van der Waals surface area contributed by atoms with Crippen molar-refractivity contribution in [1.29, 1.82) is 0 Å². The average Bonchev–Trinajstić information content (AvgIpc) is 2.91. The Kier molecular flexibility index (Phi) is 5.37. The van der Waals surface area contributed by atoms with Crippen LogP contribution in [0.25, 0.3) is 22.3 Å². The lowest BCUT2D eigenvalue weighted by Crippen LogP contribution is -2.08. The van der Waals surface area contributed by atoms with Gasteiger partial charge in [0, 0.05) is 11.1 Å². The highest BCUT2D eigenvalue weighted by atomic mass is 16.5. The molecule has 0 aromatic heterocycles. The predicted molar refractivity (Wildman–Crippen MR) is 138 cm³/mol. The Morgan fingerprint density at radius 2 is 1.31 bits per heavy atom. The molecule has 7 rings (SSSR count). The second-order valence-corrected chi connectivity index (χ2v) is 9.11. The van der Waals surface area contributed by atoms with Crippen LogP contribution >= 0.6 is 0 Å². The number of methoxy groups -OCH3 is 3. The standard InChI is InChI=1S/C31H28O4/c1-32-24-13-14-25-21(16-24)7-4-19-5-11-23(12-6-19)35-31-28(33-2)15-10-20-8-9-22-17-29(34-3)27(25)18-26(22)30(20)31/h5-6,10-18H,4,7-9H2,1-3H3. The maximum absolute atomic E-state index is 6.53. The van der Waals surface area contributed by atoms with Crippen LogP contribution in [0.2, 0.25) is 0 Å². The molecule has 0 spiro atoms. The SMILES string of the molecule is COc1ccc2c(c1)CCc1ccc(cc1)Oc1c(OC)ccc3c1-c1cc-2c(OC)cc1CC3. The Bertz CT molecular complexity index is 1420. The van der Waals surface area contributed by atoms with Gasteiger partial charge in [-0.2, -0.15) is 0 Å². The molecule has 3 aliphatic rings. The number of benzene rings is 4. The Balaban J connectivity index is 1.68. The van der Waals surface area contributed by atoms with E-state index in [1.807, 2.05) is 12.1 Å². The largest absolute Gasteiger partial charge is 0.497 e. The molecule has 0 amide bonds. The fraction of sp³-hybridized carbons (Fsp3) is 0.226. The topological polar surface area (TPSA) is 36.9 Å². The number of hydrogen-bond acceptors (Lipinski definition) is 4. The fourth-order valence-corrected chi connectivity index (χ4v) is 5.37. The molecule has 4 aromatic carbocycles. The van der Waals surface area contributed by atoms with Gasteiger partial charge in [-0.15, -0.1) is 0 Å². The van der Waals surface area contributed by atoms with Gasteiger partial charge in [-0.1, -0.05) is 24.3 Å². The summed E-state index contributed by atoms with van der Waals surface area (Å²) in [7, 11) is 5.17. The molecule has 0 unspecified atom stereocenters. The van der Waals surface area contributed by atoms with Crippen molar-refractivity contribution < 1.29 is 18.9 Å². The second kappa shape index (κ2) is 8.70. The molecule has 2 heterocycles. The smallest absolute Gasteiger partial charge is 0.177 e. The summed E-state index contributed by atoms with van der Waals surface area (Å²) in [5, 5.41) is 0. The van der Waals surface area contributed by atoms with Crippen molar-refractivity contribution in [2.45, 2.75) is 25.7 Å². The van der Waals surface area contributed by atoms with E-state index in [4.69, 9.17) is 18.9 Å². The Hall–Kier alpha value is -3.92. The van der Waals surface area contributed by atoms with Gasteiger partial charge in [-0.25, -0.2) is 0 Å². The van der Waals surface area contributed by atoms with Gasteiger partial charge in [0.1, 0.15) is 17.2 Å². The highest BCUT2D eigenvalue weighted by Gasteiger charge is 2.26. The van der Waals surface area contributed by atoms with E-state index in [1.54, 1.807) is 21.3 Å². The second-order valence-electron chi connectivity index (χ2n) is 9.11. The van der Waals surface area contributed by atoms with Gasteiger partial charge < -0.3 is 18.9 Å². The molecule has 35 heavy (non-hydrogen) atoms. The minimum Gasteiger partial charge on any atom is -0.497 e. The molecule has 0 atom stereocenters. The van der Waals surface area contributed by atoms with E-state index in [2.05, 4.69) is 54.6 Å². The first kappa shape index (κ1) is 21.6. The quantitative estimate of drug-likeness (QED) is 0.326. The van der Waals surface area contributed by atoms with E-state index in [0.29, 0.717) is 0 Å². The molecule has 4 bridgehead atoms. The zero-order valence-corrected chi connectivity index (χ0v) is 20.3. The fourth-order valence-electron chi connectivity index (χ4n) is 5.37. The van der Waals surface area contributed by atoms with Crippen molar-refractivity contribution in [2.75, 3.05) is 21.3 Å². The van der Waals surface area contributed by atoms with Gasteiger partial charge >= 0.3 is 0 Å². The number of rotatable bonds is 3. The summed E-state index contributed by atoms with van der Waals surface area (Å²) in [5.74, 6) is 4.06. The minimum absolute atomic E-state index is 0.732. The molecule has 0 radical (unpaired) electrons. The van der Waals surface area contributed by atoms with E-state index < -0.39 is 0 Å². The third-order valence-electron chi connectivity index (χ3n) is 7.21. The highest BCUT2D eigenvalue weighted by Crippen LogP contribution is 2.49. The number of ether oxygens (including phenoxy) is 4. The third-order valence-corrected chi connectivity index (χ3v) is 7.21. The van der Waals surface area contributed by atoms with E-state index >= 15 is 0 Å². The first-order chi connectivity index (χ1) is 17.2. The summed E-state index contributed by atoms with van der Waals surface area (Å²) in [6, 6.07) is 23.4. The summed E-state index contributed by atoms with van der Waals surface area (Å²) >= 11 is 0. The van der Waals surface area contributed by atoms with Gasteiger partial charge in [-0.3, -0.25) is 0 Å². The van der Waals surface area contributed by atoms with Crippen LogP contribution in [0.3, 0.4) is 0 Å². The monoisotopic (exact) mass is 464 g/mol. The van der Waals surface area contributed by atoms with E-state index in [-0.39, 0.29) is 0 Å². The van der Waals surface area contributed by atoms with Gasteiger partial charge in [0.25, 0.3) is 0 Å². The van der Waals surface area contributed by atoms with Crippen molar-refractivity contribution in [3.8, 4) is 51.0 Å². The van der Waals surface area contributed by atoms with Crippen LogP contribution < -0.4 is 18.9 Å². The van der Waals surface area contributed by atoms with E-state index in [1.165, 1.54) is 27.8 Å². The molecular weight excluding hydrogens is 436 g/mol. The average molecular weight is 465 g/mol.